The van der Waals surface area contributed by atoms with E-state index < -0.39 is 5.97 Å². The molecular weight excluding hydrogens is 194 g/mol. The standard InChI is InChI=1S/C11H15NO3/c1-6(13)8-9-7(15-10(8)14)4-11(2,3)5-12-9/h7,13H,4-5H2,1-3H3. The van der Waals surface area contributed by atoms with Gasteiger partial charge in [-0.15, -0.1) is 0 Å². The molecule has 1 atom stereocenters. The molecule has 4 heteroatoms. The minimum Gasteiger partial charge on any atom is -0.512 e. The van der Waals surface area contributed by atoms with Crippen LogP contribution in [0.4, 0.5) is 0 Å². The average molecular weight is 209 g/mol. The van der Waals surface area contributed by atoms with Gasteiger partial charge in [0.1, 0.15) is 17.4 Å². The van der Waals surface area contributed by atoms with E-state index in [-0.39, 0.29) is 22.9 Å². The van der Waals surface area contributed by atoms with Crippen molar-refractivity contribution in [3.63, 3.8) is 0 Å². The van der Waals surface area contributed by atoms with E-state index in [1.807, 2.05) is 0 Å². The van der Waals surface area contributed by atoms with Crippen LogP contribution in [0, 0.1) is 5.41 Å². The highest BCUT2D eigenvalue weighted by Gasteiger charge is 2.43. The molecule has 2 rings (SSSR count). The minimum absolute atomic E-state index is 0.000885. The number of rotatable bonds is 0. The molecule has 0 aromatic heterocycles. The zero-order valence-electron chi connectivity index (χ0n) is 9.20. The maximum Gasteiger partial charge on any atom is 0.344 e. The maximum atomic E-state index is 11.5. The second kappa shape index (κ2) is 3.08. The summed E-state index contributed by atoms with van der Waals surface area (Å²) in [5, 5.41) is 9.39. The number of hydrogen-bond donors (Lipinski definition) is 1. The van der Waals surface area contributed by atoms with Crippen molar-refractivity contribution in [2.75, 3.05) is 6.54 Å². The largest absolute Gasteiger partial charge is 0.512 e. The molecule has 1 saturated heterocycles. The summed E-state index contributed by atoms with van der Waals surface area (Å²) in [6, 6.07) is 0. The third-order valence-corrected chi connectivity index (χ3v) is 2.79. The van der Waals surface area contributed by atoms with Crippen LogP contribution in [0.1, 0.15) is 27.2 Å². The lowest BCUT2D eigenvalue weighted by Gasteiger charge is -2.29. The number of hydrogen-bond acceptors (Lipinski definition) is 4. The second-order valence-corrected chi connectivity index (χ2v) is 4.92. The van der Waals surface area contributed by atoms with Crippen molar-refractivity contribution in [3.05, 3.63) is 11.3 Å². The van der Waals surface area contributed by atoms with E-state index in [4.69, 9.17) is 4.74 Å². The smallest absolute Gasteiger partial charge is 0.344 e. The number of aliphatic hydroxyl groups excluding tert-OH is 1. The van der Waals surface area contributed by atoms with E-state index in [1.54, 1.807) is 0 Å². The average Bonchev–Trinajstić information content (AvgIpc) is 2.37. The molecule has 0 bridgehead atoms. The van der Waals surface area contributed by atoms with Gasteiger partial charge in [-0.25, -0.2) is 4.79 Å². The molecule has 2 aliphatic heterocycles. The normalized spacial score (nSPS) is 31.8. The Balaban J connectivity index is 2.40. The monoisotopic (exact) mass is 209 g/mol. The van der Waals surface area contributed by atoms with Crippen LogP contribution < -0.4 is 0 Å². The van der Waals surface area contributed by atoms with Gasteiger partial charge in [0.2, 0.25) is 0 Å². The van der Waals surface area contributed by atoms with E-state index in [0.717, 1.165) is 6.42 Å². The lowest BCUT2D eigenvalue weighted by Crippen LogP contribution is -2.33. The molecule has 2 aliphatic rings. The summed E-state index contributed by atoms with van der Waals surface area (Å²) in [4.78, 5) is 15.8. The third-order valence-electron chi connectivity index (χ3n) is 2.79. The zero-order chi connectivity index (χ0) is 11.2. The number of allylic oxidation sites excluding steroid dienone is 1. The highest BCUT2D eigenvalue weighted by molar-refractivity contribution is 6.26. The predicted molar refractivity (Wildman–Crippen MR) is 55.9 cm³/mol. The Kier molecular flexibility index (Phi) is 2.10. The van der Waals surface area contributed by atoms with Crippen molar-refractivity contribution < 1.29 is 14.6 Å². The summed E-state index contributed by atoms with van der Waals surface area (Å²) in [5.41, 5.74) is 0.947. The quantitative estimate of drug-likeness (QED) is 0.374. The minimum atomic E-state index is -0.448. The van der Waals surface area contributed by atoms with Crippen LogP contribution in [0.15, 0.2) is 16.3 Å². The van der Waals surface area contributed by atoms with Crippen LogP contribution in [0.3, 0.4) is 0 Å². The molecule has 0 aliphatic carbocycles. The number of carbonyl (C=O) groups is 1. The summed E-state index contributed by atoms with van der Waals surface area (Å²) in [5.74, 6) is -0.447. The van der Waals surface area contributed by atoms with Gasteiger partial charge in [-0.05, 0) is 18.8 Å². The summed E-state index contributed by atoms with van der Waals surface area (Å²) in [7, 11) is 0. The lowest BCUT2D eigenvalue weighted by atomic mass is 9.82. The Morgan fingerprint density at radius 2 is 2.27 bits per heavy atom. The van der Waals surface area contributed by atoms with Gasteiger partial charge < -0.3 is 9.84 Å². The van der Waals surface area contributed by atoms with Crippen LogP contribution in [0.2, 0.25) is 0 Å². The summed E-state index contributed by atoms with van der Waals surface area (Å²) in [6.07, 6.45) is 0.507. The molecule has 4 nitrogen and oxygen atoms in total. The van der Waals surface area contributed by atoms with Gasteiger partial charge in [-0.1, -0.05) is 13.8 Å². The Labute approximate surface area is 88.7 Å². The van der Waals surface area contributed by atoms with Crippen molar-refractivity contribution in [1.82, 2.24) is 0 Å². The highest BCUT2D eigenvalue weighted by atomic mass is 16.6. The summed E-state index contributed by atoms with van der Waals surface area (Å²) < 4.78 is 5.19. The van der Waals surface area contributed by atoms with Gasteiger partial charge in [0.05, 0.1) is 5.71 Å². The van der Waals surface area contributed by atoms with Crippen molar-refractivity contribution >= 4 is 11.7 Å². The Bertz CT molecular complexity index is 375. The van der Waals surface area contributed by atoms with Crippen molar-refractivity contribution in [1.29, 1.82) is 0 Å². The molecule has 0 radical (unpaired) electrons. The van der Waals surface area contributed by atoms with Gasteiger partial charge in [0, 0.05) is 6.54 Å². The van der Waals surface area contributed by atoms with E-state index in [1.165, 1.54) is 6.92 Å². The molecular formula is C11H15NO3. The zero-order valence-corrected chi connectivity index (χ0v) is 9.20. The summed E-state index contributed by atoms with van der Waals surface area (Å²) in [6.45, 7) is 6.34. The fourth-order valence-electron chi connectivity index (χ4n) is 2.03. The van der Waals surface area contributed by atoms with Gasteiger partial charge in [0.25, 0.3) is 0 Å². The number of carbonyl (C=O) groups excluding carboxylic acids is 1. The van der Waals surface area contributed by atoms with E-state index in [9.17, 15) is 9.90 Å². The van der Waals surface area contributed by atoms with Crippen LogP contribution >= 0.6 is 0 Å². The molecule has 0 spiro atoms. The molecule has 82 valence electrons. The van der Waals surface area contributed by atoms with E-state index in [0.29, 0.717) is 12.3 Å². The first kappa shape index (κ1) is 10.2. The van der Waals surface area contributed by atoms with Crippen molar-refractivity contribution in [2.24, 2.45) is 10.4 Å². The Morgan fingerprint density at radius 3 is 2.87 bits per heavy atom. The van der Waals surface area contributed by atoms with Crippen molar-refractivity contribution in [3.8, 4) is 0 Å². The number of ether oxygens (including phenoxy) is 1. The molecule has 0 saturated carbocycles. The predicted octanol–water partition coefficient (Wildman–Crippen LogP) is 1.61. The number of aliphatic hydroxyl groups is 1. The van der Waals surface area contributed by atoms with Crippen LogP contribution in [0.25, 0.3) is 0 Å². The Hall–Kier alpha value is -1.32. The number of aliphatic imine (C=N–C) groups is 1. The fraction of sp³-hybridized carbons (Fsp3) is 0.636. The third kappa shape index (κ3) is 1.64. The van der Waals surface area contributed by atoms with Gasteiger partial charge in [0.15, 0.2) is 0 Å². The fourth-order valence-corrected chi connectivity index (χ4v) is 2.03. The topological polar surface area (TPSA) is 58.9 Å². The molecule has 2 heterocycles. The van der Waals surface area contributed by atoms with Crippen LogP contribution in [-0.2, 0) is 9.53 Å². The maximum absolute atomic E-state index is 11.5. The first-order valence-electron chi connectivity index (χ1n) is 5.06. The first-order valence-corrected chi connectivity index (χ1v) is 5.06. The SMILES string of the molecule is CC(O)=C1C(=O)OC2CC(C)(C)CN=C12. The molecule has 0 aromatic rings. The van der Waals surface area contributed by atoms with E-state index >= 15 is 0 Å². The molecule has 15 heavy (non-hydrogen) atoms. The number of nitrogens with zero attached hydrogens (tertiary/aromatic N) is 1. The first-order chi connectivity index (χ1) is 6.91. The molecule has 1 unspecified atom stereocenters. The number of esters is 1. The Morgan fingerprint density at radius 1 is 1.60 bits per heavy atom. The molecule has 1 fully saturated rings. The molecule has 1 N–H and O–H groups in total. The summed E-state index contributed by atoms with van der Waals surface area (Å²) >= 11 is 0. The second-order valence-electron chi connectivity index (χ2n) is 4.92. The van der Waals surface area contributed by atoms with Gasteiger partial charge in [-0.2, -0.15) is 0 Å². The van der Waals surface area contributed by atoms with Gasteiger partial charge >= 0.3 is 5.97 Å². The van der Waals surface area contributed by atoms with Crippen LogP contribution in [-0.4, -0.2) is 29.4 Å². The molecule has 0 aromatic carbocycles. The molecule has 0 amide bonds. The number of fused-ring (bicyclic) bond motifs is 1. The lowest BCUT2D eigenvalue weighted by molar-refractivity contribution is -0.139. The van der Waals surface area contributed by atoms with Crippen LogP contribution in [0.5, 0.6) is 0 Å². The highest BCUT2D eigenvalue weighted by Crippen LogP contribution is 2.35. The van der Waals surface area contributed by atoms with Gasteiger partial charge in [-0.3, -0.25) is 4.99 Å². The van der Waals surface area contributed by atoms with E-state index in [2.05, 4.69) is 18.8 Å². The van der Waals surface area contributed by atoms with Crippen molar-refractivity contribution in [2.45, 2.75) is 33.3 Å².